The zero-order valence-corrected chi connectivity index (χ0v) is 12.6. The summed E-state index contributed by atoms with van der Waals surface area (Å²) in [6, 6.07) is 14.6. The number of hydrogen-bond donors (Lipinski definition) is 2. The second kappa shape index (κ2) is 7.98. The van der Waals surface area contributed by atoms with E-state index in [4.69, 9.17) is 14.9 Å². The van der Waals surface area contributed by atoms with Gasteiger partial charge in [0.15, 0.2) is 0 Å². The van der Waals surface area contributed by atoms with Crippen molar-refractivity contribution < 1.29 is 24.5 Å². The Hall–Kier alpha value is -2.82. The lowest BCUT2D eigenvalue weighted by Crippen LogP contribution is -1.97. The number of carboxylic acids is 2. The zero-order valence-electron chi connectivity index (χ0n) is 12.6. The summed E-state index contributed by atoms with van der Waals surface area (Å²) in [7, 11) is 0. The highest BCUT2D eigenvalue weighted by Crippen LogP contribution is 2.22. The fourth-order valence-corrected chi connectivity index (χ4v) is 2.09. The second-order valence-corrected chi connectivity index (χ2v) is 5.18. The summed E-state index contributed by atoms with van der Waals surface area (Å²) >= 11 is 0. The van der Waals surface area contributed by atoms with Crippen molar-refractivity contribution in [3.8, 4) is 11.5 Å². The first-order valence-corrected chi connectivity index (χ1v) is 7.32. The van der Waals surface area contributed by atoms with Gasteiger partial charge in [0, 0.05) is 12.8 Å². The molecule has 2 aromatic carbocycles. The third kappa shape index (κ3) is 5.82. The maximum Gasteiger partial charge on any atom is 0.303 e. The molecule has 120 valence electrons. The van der Waals surface area contributed by atoms with Crippen molar-refractivity contribution in [1.29, 1.82) is 0 Å². The van der Waals surface area contributed by atoms with Crippen molar-refractivity contribution in [2.45, 2.75) is 25.7 Å². The SMILES string of the molecule is O=C(O)CCc1ccc(Oc2ccc(CCC(=O)O)cc2)cc1. The molecule has 0 radical (unpaired) electrons. The molecule has 0 aliphatic carbocycles. The number of carbonyl (C=O) groups is 2. The first-order chi connectivity index (χ1) is 11.0. The van der Waals surface area contributed by atoms with Gasteiger partial charge in [-0.2, -0.15) is 0 Å². The van der Waals surface area contributed by atoms with Gasteiger partial charge in [-0.3, -0.25) is 9.59 Å². The molecule has 0 aliphatic rings. The van der Waals surface area contributed by atoms with E-state index in [9.17, 15) is 9.59 Å². The Balaban J connectivity index is 1.91. The molecule has 0 saturated carbocycles. The van der Waals surface area contributed by atoms with Crippen molar-refractivity contribution in [2.75, 3.05) is 0 Å². The van der Waals surface area contributed by atoms with Crippen molar-refractivity contribution >= 4 is 11.9 Å². The Morgan fingerprint density at radius 1 is 0.696 bits per heavy atom. The van der Waals surface area contributed by atoms with Crippen LogP contribution in [-0.2, 0) is 22.4 Å². The average Bonchev–Trinajstić information content (AvgIpc) is 2.53. The summed E-state index contributed by atoms with van der Waals surface area (Å²) in [4.78, 5) is 21.1. The summed E-state index contributed by atoms with van der Waals surface area (Å²) in [5.41, 5.74) is 1.90. The summed E-state index contributed by atoms with van der Waals surface area (Å²) in [5, 5.41) is 17.3. The lowest BCUT2D eigenvalue weighted by atomic mass is 10.1. The van der Waals surface area contributed by atoms with Gasteiger partial charge in [-0.15, -0.1) is 0 Å². The molecule has 23 heavy (non-hydrogen) atoms. The summed E-state index contributed by atoms with van der Waals surface area (Å²) < 4.78 is 5.71. The van der Waals surface area contributed by atoms with Crippen LogP contribution in [0.1, 0.15) is 24.0 Å². The normalized spacial score (nSPS) is 10.3. The predicted octanol–water partition coefficient (Wildman–Crippen LogP) is 3.51. The van der Waals surface area contributed by atoms with Crippen LogP contribution < -0.4 is 4.74 Å². The molecule has 0 saturated heterocycles. The standard InChI is InChI=1S/C18H18O5/c19-17(20)11-5-13-1-7-15(8-2-13)23-16-9-3-14(4-10-16)6-12-18(21)22/h1-4,7-10H,5-6,11-12H2,(H,19,20)(H,21,22). The first-order valence-electron chi connectivity index (χ1n) is 7.32. The van der Waals surface area contributed by atoms with E-state index in [0.29, 0.717) is 24.3 Å². The maximum absolute atomic E-state index is 10.5. The molecule has 2 rings (SSSR count). The molecule has 0 atom stereocenters. The molecule has 0 heterocycles. The summed E-state index contributed by atoms with van der Waals surface area (Å²) in [5.74, 6) is -0.286. The minimum absolute atomic E-state index is 0.109. The van der Waals surface area contributed by atoms with E-state index >= 15 is 0 Å². The number of ether oxygens (including phenoxy) is 1. The van der Waals surface area contributed by atoms with Gasteiger partial charge in [0.2, 0.25) is 0 Å². The molecular formula is C18H18O5. The summed E-state index contributed by atoms with van der Waals surface area (Å²) in [6.07, 6.45) is 1.21. The van der Waals surface area contributed by atoms with E-state index in [1.807, 2.05) is 24.3 Å². The Labute approximate surface area is 134 Å². The van der Waals surface area contributed by atoms with E-state index in [1.165, 1.54) is 0 Å². The van der Waals surface area contributed by atoms with Crippen molar-refractivity contribution in [2.24, 2.45) is 0 Å². The van der Waals surface area contributed by atoms with Gasteiger partial charge < -0.3 is 14.9 Å². The largest absolute Gasteiger partial charge is 0.481 e. The molecule has 5 heteroatoms. The molecule has 0 amide bonds. The fourth-order valence-electron chi connectivity index (χ4n) is 2.09. The number of benzene rings is 2. The third-order valence-corrected chi connectivity index (χ3v) is 3.34. The van der Waals surface area contributed by atoms with E-state index in [2.05, 4.69) is 0 Å². The smallest absolute Gasteiger partial charge is 0.303 e. The van der Waals surface area contributed by atoms with Crippen LogP contribution >= 0.6 is 0 Å². The Kier molecular flexibility index (Phi) is 5.74. The van der Waals surface area contributed by atoms with E-state index in [-0.39, 0.29) is 12.8 Å². The summed E-state index contributed by atoms with van der Waals surface area (Å²) in [6.45, 7) is 0. The second-order valence-electron chi connectivity index (χ2n) is 5.18. The highest BCUT2D eigenvalue weighted by atomic mass is 16.5. The van der Waals surface area contributed by atoms with E-state index in [1.54, 1.807) is 24.3 Å². The maximum atomic E-state index is 10.5. The van der Waals surface area contributed by atoms with Gasteiger partial charge in [0.25, 0.3) is 0 Å². The van der Waals surface area contributed by atoms with Crippen molar-refractivity contribution in [3.05, 3.63) is 59.7 Å². The van der Waals surface area contributed by atoms with Crippen LogP contribution in [0.2, 0.25) is 0 Å². The number of carboxylic acid groups (broad SMARTS) is 2. The minimum atomic E-state index is -0.812. The molecule has 0 fully saturated rings. The van der Waals surface area contributed by atoms with Crippen LogP contribution in [0.4, 0.5) is 0 Å². The number of hydrogen-bond acceptors (Lipinski definition) is 3. The number of aliphatic carboxylic acids is 2. The van der Waals surface area contributed by atoms with Crippen LogP contribution in [0, 0.1) is 0 Å². The van der Waals surface area contributed by atoms with Crippen LogP contribution in [0.3, 0.4) is 0 Å². The molecule has 0 aliphatic heterocycles. The third-order valence-electron chi connectivity index (χ3n) is 3.34. The molecular weight excluding hydrogens is 296 g/mol. The van der Waals surface area contributed by atoms with Crippen molar-refractivity contribution in [1.82, 2.24) is 0 Å². The van der Waals surface area contributed by atoms with Gasteiger partial charge in [0.05, 0.1) is 0 Å². The van der Waals surface area contributed by atoms with Gasteiger partial charge >= 0.3 is 11.9 Å². The lowest BCUT2D eigenvalue weighted by Gasteiger charge is -2.07. The Bertz CT molecular complexity index is 599. The molecule has 0 bridgehead atoms. The molecule has 2 aromatic rings. The van der Waals surface area contributed by atoms with Crippen LogP contribution in [-0.4, -0.2) is 22.2 Å². The zero-order chi connectivity index (χ0) is 16.7. The van der Waals surface area contributed by atoms with Gasteiger partial charge in [-0.1, -0.05) is 24.3 Å². The van der Waals surface area contributed by atoms with Gasteiger partial charge in [0.1, 0.15) is 11.5 Å². The van der Waals surface area contributed by atoms with E-state index in [0.717, 1.165) is 11.1 Å². The van der Waals surface area contributed by atoms with Gasteiger partial charge in [-0.25, -0.2) is 0 Å². The highest BCUT2D eigenvalue weighted by Gasteiger charge is 2.02. The highest BCUT2D eigenvalue weighted by molar-refractivity contribution is 5.67. The Morgan fingerprint density at radius 3 is 1.35 bits per heavy atom. The Morgan fingerprint density at radius 2 is 1.04 bits per heavy atom. The number of rotatable bonds is 8. The van der Waals surface area contributed by atoms with Crippen molar-refractivity contribution in [3.63, 3.8) is 0 Å². The fraction of sp³-hybridized carbons (Fsp3) is 0.222. The topological polar surface area (TPSA) is 83.8 Å². The molecule has 5 nitrogen and oxygen atoms in total. The van der Waals surface area contributed by atoms with Gasteiger partial charge in [-0.05, 0) is 48.2 Å². The predicted molar refractivity (Wildman–Crippen MR) is 84.9 cm³/mol. The van der Waals surface area contributed by atoms with Crippen LogP contribution in [0.25, 0.3) is 0 Å². The average molecular weight is 314 g/mol. The van der Waals surface area contributed by atoms with Crippen LogP contribution in [0.5, 0.6) is 11.5 Å². The first kappa shape index (κ1) is 16.5. The lowest BCUT2D eigenvalue weighted by molar-refractivity contribution is -0.138. The monoisotopic (exact) mass is 314 g/mol. The molecule has 0 unspecified atom stereocenters. The molecule has 0 aromatic heterocycles. The van der Waals surface area contributed by atoms with Crippen LogP contribution in [0.15, 0.2) is 48.5 Å². The quantitative estimate of drug-likeness (QED) is 0.779. The molecule has 2 N–H and O–H groups in total. The molecule has 0 spiro atoms. The minimum Gasteiger partial charge on any atom is -0.481 e. The van der Waals surface area contributed by atoms with E-state index < -0.39 is 11.9 Å². The number of aryl methyl sites for hydroxylation is 2.